The third-order valence-electron chi connectivity index (χ3n) is 6.24. The van der Waals surface area contributed by atoms with Gasteiger partial charge in [0.25, 0.3) is 11.8 Å². The smallest absolute Gasteiger partial charge is 0.315 e. The first kappa shape index (κ1) is 18.1. The molecule has 0 unspecified atom stereocenters. The summed E-state index contributed by atoms with van der Waals surface area (Å²) in [4.78, 5) is 26.9. The summed E-state index contributed by atoms with van der Waals surface area (Å²) in [6.07, 6.45) is 1.55. The SMILES string of the molecule is O=C1NCC2=C1[C@@H](c1cccc3ccoc13)N(C(=O)C(F)F)[C@@H]1CCCC[C@H]1N2. The van der Waals surface area contributed by atoms with Crippen LogP contribution in [-0.4, -0.2) is 41.8 Å². The molecule has 2 amide bonds. The summed E-state index contributed by atoms with van der Waals surface area (Å²) in [6.45, 7) is 0.304. The van der Waals surface area contributed by atoms with Crippen LogP contribution in [0.25, 0.3) is 11.0 Å². The van der Waals surface area contributed by atoms with E-state index in [1.165, 1.54) is 11.2 Å². The molecular weight excluding hydrogens is 380 g/mol. The zero-order chi connectivity index (χ0) is 20.1. The molecule has 0 spiro atoms. The van der Waals surface area contributed by atoms with E-state index < -0.39 is 24.4 Å². The predicted molar refractivity (Wildman–Crippen MR) is 101 cm³/mol. The number of rotatable bonds is 2. The minimum absolute atomic E-state index is 0.162. The maximum absolute atomic E-state index is 13.7. The number of para-hydroxylation sites is 1. The second-order valence-electron chi connectivity index (χ2n) is 7.81. The largest absolute Gasteiger partial charge is 0.464 e. The first-order valence-corrected chi connectivity index (χ1v) is 9.90. The van der Waals surface area contributed by atoms with Crippen LogP contribution >= 0.6 is 0 Å². The number of amides is 2. The van der Waals surface area contributed by atoms with Crippen molar-refractivity contribution in [2.24, 2.45) is 0 Å². The van der Waals surface area contributed by atoms with Crippen molar-refractivity contribution < 1.29 is 22.8 Å². The molecule has 1 aromatic heterocycles. The Morgan fingerprint density at radius 2 is 2.03 bits per heavy atom. The second-order valence-corrected chi connectivity index (χ2v) is 7.81. The van der Waals surface area contributed by atoms with Crippen LogP contribution in [0.3, 0.4) is 0 Å². The summed E-state index contributed by atoms with van der Waals surface area (Å²) < 4.78 is 33.1. The van der Waals surface area contributed by atoms with Gasteiger partial charge < -0.3 is 20.0 Å². The van der Waals surface area contributed by atoms with Crippen molar-refractivity contribution >= 4 is 22.8 Å². The van der Waals surface area contributed by atoms with Crippen LogP contribution in [0.15, 0.2) is 46.2 Å². The van der Waals surface area contributed by atoms with Gasteiger partial charge in [0, 0.05) is 22.7 Å². The Morgan fingerprint density at radius 3 is 2.86 bits per heavy atom. The molecule has 152 valence electrons. The van der Waals surface area contributed by atoms with Gasteiger partial charge in [-0.15, -0.1) is 0 Å². The van der Waals surface area contributed by atoms with E-state index in [9.17, 15) is 18.4 Å². The Bertz CT molecular complexity index is 1020. The van der Waals surface area contributed by atoms with Crippen molar-refractivity contribution in [2.45, 2.75) is 50.2 Å². The maximum Gasteiger partial charge on any atom is 0.315 e. The van der Waals surface area contributed by atoms with Crippen LogP contribution in [0.5, 0.6) is 0 Å². The lowest BCUT2D eigenvalue weighted by molar-refractivity contribution is -0.149. The molecule has 6 nitrogen and oxygen atoms in total. The molecule has 5 rings (SSSR count). The molecule has 3 heterocycles. The van der Waals surface area contributed by atoms with E-state index in [0.717, 1.165) is 24.6 Å². The molecule has 0 saturated heterocycles. The van der Waals surface area contributed by atoms with Crippen molar-refractivity contribution in [3.8, 4) is 0 Å². The molecule has 2 aromatic rings. The molecule has 1 fully saturated rings. The van der Waals surface area contributed by atoms with Crippen LogP contribution in [0, 0.1) is 0 Å². The average Bonchev–Trinajstić information content (AvgIpc) is 3.30. The molecular formula is C21H21F2N3O3. The monoisotopic (exact) mass is 401 g/mol. The van der Waals surface area contributed by atoms with Gasteiger partial charge in [0.2, 0.25) is 0 Å². The highest BCUT2D eigenvalue weighted by molar-refractivity contribution is 6.00. The number of benzene rings is 1. The lowest BCUT2D eigenvalue weighted by Gasteiger charge is -2.42. The number of fused-ring (bicyclic) bond motifs is 2. The molecule has 2 N–H and O–H groups in total. The number of halogens is 2. The van der Waals surface area contributed by atoms with Gasteiger partial charge in [-0.1, -0.05) is 31.0 Å². The third kappa shape index (κ3) is 2.81. The normalized spacial score (nSPS) is 26.8. The van der Waals surface area contributed by atoms with Gasteiger partial charge >= 0.3 is 6.43 Å². The van der Waals surface area contributed by atoms with Gasteiger partial charge in [0.05, 0.1) is 30.5 Å². The fourth-order valence-corrected chi connectivity index (χ4v) is 5.02. The number of nitrogens with zero attached hydrogens (tertiary/aromatic N) is 1. The molecule has 3 atom stereocenters. The minimum Gasteiger partial charge on any atom is -0.464 e. The number of carbonyl (C=O) groups is 2. The molecule has 2 aliphatic heterocycles. The first-order chi connectivity index (χ1) is 14.1. The van der Waals surface area contributed by atoms with E-state index in [1.54, 1.807) is 18.2 Å². The Morgan fingerprint density at radius 1 is 1.21 bits per heavy atom. The van der Waals surface area contributed by atoms with E-state index in [2.05, 4.69) is 10.6 Å². The molecule has 8 heteroatoms. The molecule has 1 aliphatic carbocycles. The van der Waals surface area contributed by atoms with Crippen molar-refractivity contribution in [1.29, 1.82) is 0 Å². The summed E-state index contributed by atoms with van der Waals surface area (Å²) in [7, 11) is 0. The highest BCUT2D eigenvalue weighted by Gasteiger charge is 2.48. The lowest BCUT2D eigenvalue weighted by atomic mass is 9.87. The van der Waals surface area contributed by atoms with Gasteiger partial charge in [-0.05, 0) is 18.9 Å². The van der Waals surface area contributed by atoms with Gasteiger partial charge in [-0.25, -0.2) is 0 Å². The fraction of sp³-hybridized carbons (Fsp3) is 0.429. The number of hydrogen-bond acceptors (Lipinski definition) is 4. The zero-order valence-corrected chi connectivity index (χ0v) is 15.7. The first-order valence-electron chi connectivity index (χ1n) is 9.90. The molecule has 3 aliphatic rings. The van der Waals surface area contributed by atoms with E-state index >= 15 is 0 Å². The van der Waals surface area contributed by atoms with Crippen LogP contribution < -0.4 is 10.6 Å². The topological polar surface area (TPSA) is 74.6 Å². The zero-order valence-electron chi connectivity index (χ0n) is 15.7. The van der Waals surface area contributed by atoms with Gasteiger partial charge in [0.15, 0.2) is 0 Å². The van der Waals surface area contributed by atoms with Crippen LogP contribution in [0.4, 0.5) is 8.78 Å². The summed E-state index contributed by atoms with van der Waals surface area (Å²) in [5.41, 5.74) is 2.08. The van der Waals surface area contributed by atoms with Gasteiger partial charge in [-0.3, -0.25) is 9.59 Å². The lowest BCUT2D eigenvalue weighted by Crippen LogP contribution is -2.55. The predicted octanol–water partition coefficient (Wildman–Crippen LogP) is 2.87. The Kier molecular flexibility index (Phi) is 4.29. The summed E-state index contributed by atoms with van der Waals surface area (Å²) in [5, 5.41) is 6.98. The van der Waals surface area contributed by atoms with Crippen molar-refractivity contribution in [1.82, 2.24) is 15.5 Å². The van der Waals surface area contributed by atoms with Gasteiger partial charge in [-0.2, -0.15) is 8.78 Å². The summed E-state index contributed by atoms with van der Waals surface area (Å²) in [6, 6.07) is 5.67. The fourth-order valence-electron chi connectivity index (χ4n) is 5.02. The Balaban J connectivity index is 1.76. The molecule has 1 saturated carbocycles. The standard InChI is InChI=1S/C21H21F2N3O3/c22-19(23)21(28)26-15-7-2-1-6-13(15)25-14-10-24-20(27)16(14)17(26)12-5-3-4-11-8-9-29-18(11)12/h3-5,8-9,13,15,17,19,25H,1-2,6-7,10H2,(H,24,27)/t13-,15-,17-/m1/s1. The van der Waals surface area contributed by atoms with Gasteiger partial charge in [0.1, 0.15) is 5.58 Å². The Labute approximate surface area is 165 Å². The molecule has 0 radical (unpaired) electrons. The van der Waals surface area contributed by atoms with E-state index in [4.69, 9.17) is 4.42 Å². The quantitative estimate of drug-likeness (QED) is 0.812. The summed E-state index contributed by atoms with van der Waals surface area (Å²) in [5.74, 6) is -1.59. The number of alkyl halides is 2. The summed E-state index contributed by atoms with van der Waals surface area (Å²) >= 11 is 0. The number of nitrogens with one attached hydrogen (secondary N) is 2. The van der Waals surface area contributed by atoms with Crippen LogP contribution in [0.1, 0.15) is 37.3 Å². The molecule has 29 heavy (non-hydrogen) atoms. The van der Waals surface area contributed by atoms with E-state index in [-0.39, 0.29) is 11.9 Å². The van der Waals surface area contributed by atoms with Crippen LogP contribution in [0.2, 0.25) is 0 Å². The second kappa shape index (κ2) is 6.86. The molecule has 1 aromatic carbocycles. The van der Waals surface area contributed by atoms with E-state index in [1.807, 2.05) is 6.07 Å². The number of carbonyl (C=O) groups excluding carboxylic acids is 2. The van der Waals surface area contributed by atoms with Crippen molar-refractivity contribution in [3.05, 3.63) is 47.4 Å². The average molecular weight is 401 g/mol. The Hall–Kier alpha value is -2.90. The number of hydrogen-bond donors (Lipinski definition) is 2. The maximum atomic E-state index is 13.7. The molecule has 0 bridgehead atoms. The third-order valence-corrected chi connectivity index (χ3v) is 6.24. The highest BCUT2D eigenvalue weighted by Crippen LogP contribution is 2.43. The highest BCUT2D eigenvalue weighted by atomic mass is 19.3. The van der Waals surface area contributed by atoms with Crippen LogP contribution in [-0.2, 0) is 9.59 Å². The minimum atomic E-state index is -3.15. The van der Waals surface area contributed by atoms with Crippen molar-refractivity contribution in [3.63, 3.8) is 0 Å². The van der Waals surface area contributed by atoms with Crippen molar-refractivity contribution in [2.75, 3.05) is 6.54 Å². The number of furan rings is 1. The van der Waals surface area contributed by atoms with E-state index in [0.29, 0.717) is 35.4 Å².